The van der Waals surface area contributed by atoms with Crippen molar-refractivity contribution in [1.82, 2.24) is 0 Å². The van der Waals surface area contributed by atoms with E-state index in [1.54, 1.807) is 24.3 Å². The number of hydrogen-bond acceptors (Lipinski definition) is 4. The summed E-state index contributed by atoms with van der Waals surface area (Å²) in [4.78, 5) is 22.8. The fourth-order valence-corrected chi connectivity index (χ4v) is 1.85. The Morgan fingerprint density at radius 1 is 0.913 bits per heavy atom. The maximum absolute atomic E-state index is 12.0. The standard InChI is InChI=1S/C18H18O5/c1-2-3-12-22-15-8-6-14(7-9-15)18(21)23-16-10-4-13(5-11-16)17(19)20/h4-11H,2-3,12H2,1H3,(H,19,20). The van der Waals surface area contributed by atoms with Gasteiger partial charge in [0.1, 0.15) is 11.5 Å². The van der Waals surface area contributed by atoms with Crippen LogP contribution < -0.4 is 9.47 Å². The molecular weight excluding hydrogens is 296 g/mol. The minimum Gasteiger partial charge on any atom is -0.494 e. The van der Waals surface area contributed by atoms with Crippen LogP contribution in [0.25, 0.3) is 0 Å². The van der Waals surface area contributed by atoms with E-state index in [1.165, 1.54) is 24.3 Å². The van der Waals surface area contributed by atoms with Crippen LogP contribution in [0.1, 0.15) is 40.5 Å². The first kappa shape index (κ1) is 16.5. The van der Waals surface area contributed by atoms with Crippen molar-refractivity contribution in [2.45, 2.75) is 19.8 Å². The zero-order valence-corrected chi connectivity index (χ0v) is 12.8. The van der Waals surface area contributed by atoms with E-state index in [0.29, 0.717) is 23.7 Å². The molecule has 0 aliphatic rings. The van der Waals surface area contributed by atoms with Gasteiger partial charge in [0.25, 0.3) is 0 Å². The molecule has 0 aliphatic heterocycles. The molecule has 23 heavy (non-hydrogen) atoms. The minimum atomic E-state index is -1.03. The van der Waals surface area contributed by atoms with E-state index < -0.39 is 11.9 Å². The second-order valence-electron chi connectivity index (χ2n) is 4.95. The molecule has 0 saturated heterocycles. The molecule has 0 atom stereocenters. The van der Waals surface area contributed by atoms with Gasteiger partial charge in [0, 0.05) is 0 Å². The molecule has 120 valence electrons. The molecule has 0 spiro atoms. The highest BCUT2D eigenvalue weighted by Crippen LogP contribution is 2.17. The van der Waals surface area contributed by atoms with Gasteiger partial charge in [-0.3, -0.25) is 0 Å². The van der Waals surface area contributed by atoms with Crippen LogP contribution in [0.3, 0.4) is 0 Å². The van der Waals surface area contributed by atoms with Crippen molar-refractivity contribution in [2.24, 2.45) is 0 Å². The van der Waals surface area contributed by atoms with Crippen molar-refractivity contribution in [2.75, 3.05) is 6.61 Å². The summed E-state index contributed by atoms with van der Waals surface area (Å²) in [5.41, 5.74) is 0.536. The molecular formula is C18H18O5. The maximum Gasteiger partial charge on any atom is 0.343 e. The average Bonchev–Trinajstić information content (AvgIpc) is 2.56. The van der Waals surface area contributed by atoms with E-state index in [2.05, 4.69) is 6.92 Å². The number of ether oxygens (including phenoxy) is 2. The van der Waals surface area contributed by atoms with Crippen molar-refractivity contribution in [3.8, 4) is 11.5 Å². The van der Waals surface area contributed by atoms with Crippen molar-refractivity contribution >= 4 is 11.9 Å². The van der Waals surface area contributed by atoms with Crippen molar-refractivity contribution in [1.29, 1.82) is 0 Å². The van der Waals surface area contributed by atoms with Gasteiger partial charge in [-0.1, -0.05) is 13.3 Å². The van der Waals surface area contributed by atoms with Crippen LogP contribution in [0.2, 0.25) is 0 Å². The molecule has 2 aromatic carbocycles. The fourth-order valence-electron chi connectivity index (χ4n) is 1.85. The number of carboxylic acids is 1. The lowest BCUT2D eigenvalue weighted by Gasteiger charge is -2.07. The summed E-state index contributed by atoms with van der Waals surface area (Å²) in [6, 6.07) is 12.4. The number of hydrogen-bond donors (Lipinski definition) is 1. The Morgan fingerprint density at radius 3 is 2.04 bits per heavy atom. The highest BCUT2D eigenvalue weighted by atomic mass is 16.5. The molecule has 5 nitrogen and oxygen atoms in total. The third kappa shape index (κ3) is 4.85. The molecule has 0 aromatic heterocycles. The zero-order valence-electron chi connectivity index (χ0n) is 12.8. The number of benzene rings is 2. The average molecular weight is 314 g/mol. The summed E-state index contributed by atoms with van der Waals surface area (Å²) in [6.07, 6.45) is 2.04. The molecule has 0 heterocycles. The van der Waals surface area contributed by atoms with Gasteiger partial charge in [-0.2, -0.15) is 0 Å². The lowest BCUT2D eigenvalue weighted by molar-refractivity contribution is 0.0696. The van der Waals surface area contributed by atoms with Gasteiger partial charge in [0.15, 0.2) is 0 Å². The molecule has 0 aliphatic carbocycles. The summed E-state index contributed by atoms with van der Waals surface area (Å²) in [7, 11) is 0. The predicted octanol–water partition coefficient (Wildman–Crippen LogP) is 3.78. The molecule has 0 fully saturated rings. The molecule has 0 radical (unpaired) electrons. The van der Waals surface area contributed by atoms with E-state index in [9.17, 15) is 9.59 Å². The molecule has 1 N–H and O–H groups in total. The molecule has 0 unspecified atom stereocenters. The van der Waals surface area contributed by atoms with Gasteiger partial charge in [0.05, 0.1) is 17.7 Å². The summed E-state index contributed by atoms with van der Waals surface area (Å²) in [5, 5.41) is 8.82. The topological polar surface area (TPSA) is 72.8 Å². The van der Waals surface area contributed by atoms with Gasteiger partial charge in [0.2, 0.25) is 0 Å². The zero-order chi connectivity index (χ0) is 16.7. The summed E-state index contributed by atoms with van der Waals surface area (Å²) in [6.45, 7) is 2.74. The van der Waals surface area contributed by atoms with Crippen LogP contribution >= 0.6 is 0 Å². The lowest BCUT2D eigenvalue weighted by atomic mass is 10.2. The van der Waals surface area contributed by atoms with Crippen LogP contribution in [0.4, 0.5) is 0 Å². The molecule has 0 saturated carbocycles. The number of carbonyl (C=O) groups excluding carboxylic acids is 1. The fraction of sp³-hybridized carbons (Fsp3) is 0.222. The van der Waals surface area contributed by atoms with Crippen molar-refractivity contribution in [3.63, 3.8) is 0 Å². The van der Waals surface area contributed by atoms with Crippen molar-refractivity contribution in [3.05, 3.63) is 59.7 Å². The van der Waals surface area contributed by atoms with Crippen LogP contribution in [-0.4, -0.2) is 23.7 Å². The van der Waals surface area contributed by atoms with Gasteiger partial charge >= 0.3 is 11.9 Å². The first-order valence-corrected chi connectivity index (χ1v) is 7.38. The van der Waals surface area contributed by atoms with Crippen molar-refractivity contribution < 1.29 is 24.2 Å². The molecule has 2 rings (SSSR count). The lowest BCUT2D eigenvalue weighted by Crippen LogP contribution is -2.08. The smallest absolute Gasteiger partial charge is 0.343 e. The van der Waals surface area contributed by atoms with E-state index in [4.69, 9.17) is 14.6 Å². The Balaban J connectivity index is 1.96. The Labute approximate surface area is 134 Å². The number of aromatic carboxylic acids is 1. The normalized spacial score (nSPS) is 10.1. The number of rotatable bonds is 7. The predicted molar refractivity (Wildman–Crippen MR) is 85.2 cm³/mol. The number of carboxylic acid groups (broad SMARTS) is 1. The monoisotopic (exact) mass is 314 g/mol. The third-order valence-electron chi connectivity index (χ3n) is 3.17. The van der Waals surface area contributed by atoms with E-state index in [-0.39, 0.29) is 5.56 Å². The van der Waals surface area contributed by atoms with E-state index >= 15 is 0 Å². The van der Waals surface area contributed by atoms with Gasteiger partial charge in [-0.25, -0.2) is 9.59 Å². The van der Waals surface area contributed by atoms with Crippen LogP contribution in [-0.2, 0) is 0 Å². The Kier molecular flexibility index (Phi) is 5.74. The molecule has 0 amide bonds. The summed E-state index contributed by atoms with van der Waals surface area (Å²) < 4.78 is 10.7. The molecule has 2 aromatic rings. The second-order valence-corrected chi connectivity index (χ2v) is 4.95. The first-order valence-electron chi connectivity index (χ1n) is 7.38. The molecule has 0 bridgehead atoms. The first-order chi connectivity index (χ1) is 11.1. The highest BCUT2D eigenvalue weighted by molar-refractivity contribution is 5.91. The highest BCUT2D eigenvalue weighted by Gasteiger charge is 2.10. The number of carbonyl (C=O) groups is 2. The maximum atomic E-state index is 12.0. The Hall–Kier alpha value is -2.82. The van der Waals surface area contributed by atoms with Crippen LogP contribution in [0.5, 0.6) is 11.5 Å². The molecule has 5 heteroatoms. The van der Waals surface area contributed by atoms with Crippen LogP contribution in [0, 0.1) is 0 Å². The van der Waals surface area contributed by atoms with Gasteiger partial charge in [-0.15, -0.1) is 0 Å². The minimum absolute atomic E-state index is 0.137. The SMILES string of the molecule is CCCCOc1ccc(C(=O)Oc2ccc(C(=O)O)cc2)cc1. The van der Waals surface area contributed by atoms with Crippen LogP contribution in [0.15, 0.2) is 48.5 Å². The largest absolute Gasteiger partial charge is 0.494 e. The quantitative estimate of drug-likeness (QED) is 0.478. The second kappa shape index (κ2) is 7.98. The number of esters is 1. The van der Waals surface area contributed by atoms with Gasteiger partial charge in [-0.05, 0) is 55.0 Å². The Morgan fingerprint density at radius 2 is 1.48 bits per heavy atom. The Bertz CT molecular complexity index is 659. The van der Waals surface area contributed by atoms with E-state index in [0.717, 1.165) is 12.8 Å². The third-order valence-corrected chi connectivity index (χ3v) is 3.17. The summed E-state index contributed by atoms with van der Waals surface area (Å²) in [5.74, 6) is -0.529. The van der Waals surface area contributed by atoms with E-state index in [1.807, 2.05) is 0 Å². The number of unbranched alkanes of at least 4 members (excludes halogenated alkanes) is 1. The van der Waals surface area contributed by atoms with Gasteiger partial charge < -0.3 is 14.6 Å². The summed E-state index contributed by atoms with van der Waals surface area (Å²) >= 11 is 0.